The van der Waals surface area contributed by atoms with Crippen LogP contribution in [0, 0.1) is 6.92 Å². The molecule has 0 saturated carbocycles. The largest absolute Gasteiger partial charge is 0.497 e. The fraction of sp³-hybridized carbons (Fsp3) is 0.235. The summed E-state index contributed by atoms with van der Waals surface area (Å²) in [6.45, 7) is 2.57. The van der Waals surface area contributed by atoms with Crippen LogP contribution in [0.5, 0.6) is 11.5 Å². The number of benzene rings is 2. The average Bonchev–Trinajstić information content (AvgIpc) is 2.54. The Labute approximate surface area is 130 Å². The number of hydrogen-bond acceptors (Lipinski definition) is 3. The number of nitrogens with one attached hydrogen (secondary N) is 1. The monoisotopic (exact) mass is 299 g/mol. The number of methoxy groups -OCH3 is 2. The molecule has 0 saturated heterocycles. The molecule has 22 heavy (non-hydrogen) atoms. The molecule has 0 aliphatic carbocycles. The number of guanidine groups is 1. The number of rotatable bonds is 5. The van der Waals surface area contributed by atoms with Crippen molar-refractivity contribution >= 4 is 11.6 Å². The lowest BCUT2D eigenvalue weighted by molar-refractivity contribution is 0.405. The first-order chi connectivity index (χ1) is 10.6. The lowest BCUT2D eigenvalue weighted by Crippen LogP contribution is -2.23. The molecule has 3 N–H and O–H groups in total. The highest BCUT2D eigenvalue weighted by Crippen LogP contribution is 2.28. The Morgan fingerprint density at radius 3 is 2.45 bits per heavy atom. The predicted molar refractivity (Wildman–Crippen MR) is 89.7 cm³/mol. The molecule has 0 heterocycles. The van der Waals surface area contributed by atoms with Crippen molar-refractivity contribution in [3.8, 4) is 11.5 Å². The van der Waals surface area contributed by atoms with Crippen LogP contribution < -0.4 is 20.5 Å². The van der Waals surface area contributed by atoms with Crippen LogP contribution in [0.15, 0.2) is 47.5 Å². The van der Waals surface area contributed by atoms with Gasteiger partial charge < -0.3 is 20.5 Å². The van der Waals surface area contributed by atoms with Crippen LogP contribution in [-0.2, 0) is 6.54 Å². The maximum absolute atomic E-state index is 5.94. The molecule has 0 spiro atoms. The third-order valence-electron chi connectivity index (χ3n) is 3.22. The van der Waals surface area contributed by atoms with Crippen LogP contribution in [0.3, 0.4) is 0 Å². The van der Waals surface area contributed by atoms with Crippen molar-refractivity contribution in [2.24, 2.45) is 10.7 Å². The van der Waals surface area contributed by atoms with E-state index in [1.54, 1.807) is 14.2 Å². The highest BCUT2D eigenvalue weighted by atomic mass is 16.5. The van der Waals surface area contributed by atoms with E-state index in [1.165, 1.54) is 5.56 Å². The predicted octanol–water partition coefficient (Wildman–Crippen LogP) is 2.94. The van der Waals surface area contributed by atoms with Gasteiger partial charge >= 0.3 is 0 Å². The first-order valence-corrected chi connectivity index (χ1v) is 6.97. The third kappa shape index (κ3) is 4.15. The Kier molecular flexibility index (Phi) is 5.25. The van der Waals surface area contributed by atoms with Gasteiger partial charge in [0.2, 0.25) is 0 Å². The summed E-state index contributed by atoms with van der Waals surface area (Å²) in [5, 5.41) is 3.04. The Bertz CT molecular complexity index is 651. The van der Waals surface area contributed by atoms with E-state index in [-0.39, 0.29) is 0 Å². The van der Waals surface area contributed by atoms with Gasteiger partial charge in [-0.05, 0) is 24.6 Å². The van der Waals surface area contributed by atoms with Gasteiger partial charge in [0, 0.05) is 6.07 Å². The molecule has 0 aromatic heterocycles. The van der Waals surface area contributed by atoms with E-state index >= 15 is 0 Å². The molecule has 2 rings (SSSR count). The third-order valence-corrected chi connectivity index (χ3v) is 3.22. The Morgan fingerprint density at radius 2 is 1.82 bits per heavy atom. The van der Waals surface area contributed by atoms with Crippen molar-refractivity contribution in [3.05, 3.63) is 53.6 Å². The summed E-state index contributed by atoms with van der Waals surface area (Å²) in [5.41, 5.74) is 8.98. The zero-order valence-corrected chi connectivity index (χ0v) is 13.1. The topological polar surface area (TPSA) is 68.9 Å². The van der Waals surface area contributed by atoms with Gasteiger partial charge in [-0.3, -0.25) is 0 Å². The molecular weight excluding hydrogens is 278 g/mol. The van der Waals surface area contributed by atoms with E-state index < -0.39 is 0 Å². The van der Waals surface area contributed by atoms with Crippen LogP contribution in [0.25, 0.3) is 0 Å². The molecule has 0 amide bonds. The standard InChI is InChI=1S/C17H21N3O2/c1-12-4-6-13(7-5-12)11-19-17(18)20-15-10-14(21-2)8-9-16(15)22-3/h4-10H,11H2,1-3H3,(H3,18,19,20). The summed E-state index contributed by atoms with van der Waals surface area (Å²) in [6.07, 6.45) is 0. The Morgan fingerprint density at radius 1 is 1.09 bits per heavy atom. The Hall–Kier alpha value is -2.69. The summed E-state index contributed by atoms with van der Waals surface area (Å²) in [6, 6.07) is 13.6. The van der Waals surface area contributed by atoms with E-state index in [9.17, 15) is 0 Å². The number of nitrogens with zero attached hydrogens (tertiary/aromatic N) is 1. The average molecular weight is 299 g/mol. The van der Waals surface area contributed by atoms with Gasteiger partial charge in [-0.15, -0.1) is 0 Å². The zero-order valence-electron chi connectivity index (χ0n) is 13.1. The number of ether oxygens (including phenoxy) is 2. The van der Waals surface area contributed by atoms with Crippen LogP contribution in [0.4, 0.5) is 5.69 Å². The van der Waals surface area contributed by atoms with Crippen molar-refractivity contribution in [2.45, 2.75) is 13.5 Å². The maximum Gasteiger partial charge on any atom is 0.193 e. The number of hydrogen-bond donors (Lipinski definition) is 2. The Balaban J connectivity index is 2.08. The van der Waals surface area contributed by atoms with Gasteiger partial charge in [-0.2, -0.15) is 0 Å². The SMILES string of the molecule is COc1ccc(OC)c(NC(N)=NCc2ccc(C)cc2)c1. The normalized spacial score (nSPS) is 11.1. The molecule has 0 fully saturated rings. The smallest absolute Gasteiger partial charge is 0.193 e. The van der Waals surface area contributed by atoms with Crippen molar-refractivity contribution in [1.29, 1.82) is 0 Å². The minimum absolute atomic E-state index is 0.326. The summed E-state index contributed by atoms with van der Waals surface area (Å²) in [7, 11) is 3.22. The molecule has 5 heteroatoms. The minimum atomic E-state index is 0.326. The molecule has 5 nitrogen and oxygen atoms in total. The van der Waals surface area contributed by atoms with Crippen LogP contribution >= 0.6 is 0 Å². The summed E-state index contributed by atoms with van der Waals surface area (Å²) >= 11 is 0. The molecule has 0 aliphatic heterocycles. The van der Waals surface area contributed by atoms with Crippen molar-refractivity contribution in [3.63, 3.8) is 0 Å². The summed E-state index contributed by atoms with van der Waals surface area (Å²) < 4.78 is 10.5. The van der Waals surface area contributed by atoms with Crippen LogP contribution in [0.1, 0.15) is 11.1 Å². The summed E-state index contributed by atoms with van der Waals surface area (Å²) in [4.78, 5) is 4.34. The van der Waals surface area contributed by atoms with E-state index in [2.05, 4.69) is 29.4 Å². The van der Waals surface area contributed by atoms with Crippen molar-refractivity contribution in [2.75, 3.05) is 19.5 Å². The minimum Gasteiger partial charge on any atom is -0.497 e. The lowest BCUT2D eigenvalue weighted by Gasteiger charge is -2.12. The van der Waals surface area contributed by atoms with Crippen molar-refractivity contribution in [1.82, 2.24) is 0 Å². The van der Waals surface area contributed by atoms with Gasteiger partial charge in [0.05, 0.1) is 26.5 Å². The molecule has 0 unspecified atom stereocenters. The van der Waals surface area contributed by atoms with E-state index in [1.807, 2.05) is 30.3 Å². The number of nitrogens with two attached hydrogens (primary N) is 1. The van der Waals surface area contributed by atoms with E-state index in [0.717, 1.165) is 11.3 Å². The van der Waals surface area contributed by atoms with E-state index in [4.69, 9.17) is 15.2 Å². The second kappa shape index (κ2) is 7.36. The van der Waals surface area contributed by atoms with Gasteiger partial charge in [0.25, 0.3) is 0 Å². The molecule has 0 atom stereocenters. The molecule has 2 aromatic carbocycles. The number of aryl methyl sites for hydroxylation is 1. The number of anilines is 1. The fourth-order valence-corrected chi connectivity index (χ4v) is 1.96. The van der Waals surface area contributed by atoms with Gasteiger partial charge in [-0.25, -0.2) is 4.99 Å². The van der Waals surface area contributed by atoms with Crippen LogP contribution in [-0.4, -0.2) is 20.2 Å². The molecule has 2 aromatic rings. The summed E-state index contributed by atoms with van der Waals surface area (Å²) in [5.74, 6) is 1.72. The second-order valence-electron chi connectivity index (χ2n) is 4.88. The quantitative estimate of drug-likeness (QED) is 0.658. The molecular formula is C17H21N3O2. The van der Waals surface area contributed by atoms with Gasteiger partial charge in [0.15, 0.2) is 5.96 Å². The van der Waals surface area contributed by atoms with Gasteiger partial charge in [0.1, 0.15) is 11.5 Å². The molecule has 116 valence electrons. The molecule has 0 radical (unpaired) electrons. The first kappa shape index (κ1) is 15.7. The second-order valence-corrected chi connectivity index (χ2v) is 4.88. The highest BCUT2D eigenvalue weighted by molar-refractivity contribution is 5.94. The van der Waals surface area contributed by atoms with Crippen LogP contribution in [0.2, 0.25) is 0 Å². The number of aliphatic imine (C=N–C) groups is 1. The zero-order chi connectivity index (χ0) is 15.9. The lowest BCUT2D eigenvalue weighted by atomic mass is 10.1. The molecule has 0 aliphatic rings. The molecule has 0 bridgehead atoms. The van der Waals surface area contributed by atoms with Crippen molar-refractivity contribution < 1.29 is 9.47 Å². The fourth-order valence-electron chi connectivity index (χ4n) is 1.96. The van der Waals surface area contributed by atoms with Gasteiger partial charge in [-0.1, -0.05) is 29.8 Å². The first-order valence-electron chi connectivity index (χ1n) is 6.97. The highest BCUT2D eigenvalue weighted by Gasteiger charge is 2.06. The maximum atomic E-state index is 5.94. The van der Waals surface area contributed by atoms with E-state index in [0.29, 0.717) is 23.9 Å².